The lowest BCUT2D eigenvalue weighted by Crippen LogP contribution is -2.31. The van der Waals surface area contributed by atoms with Crippen LogP contribution in [0.2, 0.25) is 0 Å². The SMILES string of the molecule is CN1c2ccc(C=C3C(=O)c4cc5ccccc5cc4C3=O)cc2C(C)(C)c2cc(-c3ccccc3)ccc21. The van der Waals surface area contributed by atoms with Gasteiger partial charge in [-0.05, 0) is 81.1 Å². The number of fused-ring (bicyclic) bond motifs is 4. The Balaban J connectivity index is 1.31. The number of hydrogen-bond acceptors (Lipinski definition) is 3. The molecule has 1 aliphatic heterocycles. The summed E-state index contributed by atoms with van der Waals surface area (Å²) in [5.74, 6) is -0.402. The predicted molar refractivity (Wildman–Crippen MR) is 159 cm³/mol. The zero-order valence-electron chi connectivity index (χ0n) is 22.2. The number of benzene rings is 5. The Morgan fingerprint density at radius 3 is 1.82 bits per heavy atom. The van der Waals surface area contributed by atoms with E-state index in [1.165, 1.54) is 27.9 Å². The highest BCUT2D eigenvalue weighted by molar-refractivity contribution is 6.42. The topological polar surface area (TPSA) is 37.4 Å². The van der Waals surface area contributed by atoms with Gasteiger partial charge >= 0.3 is 0 Å². The maximum absolute atomic E-state index is 13.4. The van der Waals surface area contributed by atoms with Gasteiger partial charge in [0.25, 0.3) is 0 Å². The van der Waals surface area contributed by atoms with Gasteiger partial charge in [-0.2, -0.15) is 0 Å². The van der Waals surface area contributed by atoms with E-state index < -0.39 is 0 Å². The summed E-state index contributed by atoms with van der Waals surface area (Å²) in [7, 11) is 2.10. The lowest BCUT2D eigenvalue weighted by molar-refractivity contribution is 0.0990. The summed E-state index contributed by atoms with van der Waals surface area (Å²) in [6.07, 6.45) is 1.77. The van der Waals surface area contributed by atoms with Gasteiger partial charge in [0.15, 0.2) is 11.6 Å². The first-order valence-corrected chi connectivity index (χ1v) is 13.2. The highest BCUT2D eigenvalue weighted by atomic mass is 16.2. The third-order valence-corrected chi connectivity index (χ3v) is 8.37. The number of allylic oxidation sites excluding steroid dienone is 1. The van der Waals surface area contributed by atoms with E-state index >= 15 is 0 Å². The van der Waals surface area contributed by atoms with Crippen LogP contribution in [0.3, 0.4) is 0 Å². The van der Waals surface area contributed by atoms with Crippen LogP contribution < -0.4 is 4.90 Å². The van der Waals surface area contributed by atoms with E-state index in [1.807, 2.05) is 48.5 Å². The van der Waals surface area contributed by atoms with Crippen LogP contribution >= 0.6 is 0 Å². The fraction of sp³-hybridized carbons (Fsp3) is 0.111. The van der Waals surface area contributed by atoms with Crippen LogP contribution in [0, 0.1) is 0 Å². The van der Waals surface area contributed by atoms with Gasteiger partial charge in [-0.15, -0.1) is 0 Å². The molecule has 0 bridgehead atoms. The van der Waals surface area contributed by atoms with Gasteiger partial charge in [0.05, 0.1) is 5.57 Å². The molecule has 39 heavy (non-hydrogen) atoms. The number of ketones is 2. The molecule has 5 aromatic carbocycles. The minimum Gasteiger partial charge on any atom is -0.344 e. The van der Waals surface area contributed by atoms with Gasteiger partial charge in [0.2, 0.25) is 0 Å². The highest BCUT2D eigenvalue weighted by Crippen LogP contribution is 2.49. The number of nitrogens with zero attached hydrogens (tertiary/aromatic N) is 1. The van der Waals surface area contributed by atoms with Gasteiger partial charge in [-0.25, -0.2) is 0 Å². The number of rotatable bonds is 2. The molecule has 0 saturated heterocycles. The molecule has 3 heteroatoms. The molecular formula is C36H27NO2. The Bertz CT molecular complexity index is 1820. The molecule has 1 aliphatic carbocycles. The second-order valence-electron chi connectivity index (χ2n) is 11.0. The van der Waals surface area contributed by atoms with Crippen molar-refractivity contribution >= 4 is 39.8 Å². The molecule has 0 spiro atoms. The van der Waals surface area contributed by atoms with Crippen LogP contribution in [0.1, 0.15) is 51.3 Å². The molecule has 0 saturated carbocycles. The van der Waals surface area contributed by atoms with Crippen molar-refractivity contribution in [2.24, 2.45) is 0 Å². The summed E-state index contributed by atoms with van der Waals surface area (Å²) in [6.45, 7) is 4.49. The lowest BCUT2D eigenvalue weighted by atomic mass is 9.72. The Kier molecular flexibility index (Phi) is 5.02. The Morgan fingerprint density at radius 2 is 1.18 bits per heavy atom. The highest BCUT2D eigenvalue weighted by Gasteiger charge is 2.36. The second-order valence-corrected chi connectivity index (χ2v) is 11.0. The average Bonchev–Trinajstić information content (AvgIpc) is 3.19. The van der Waals surface area contributed by atoms with Crippen molar-refractivity contribution in [1.29, 1.82) is 0 Å². The third kappa shape index (κ3) is 3.50. The number of anilines is 2. The molecule has 1 heterocycles. The van der Waals surface area contributed by atoms with Gasteiger partial charge in [-0.1, -0.05) is 80.6 Å². The molecule has 0 atom stereocenters. The van der Waals surface area contributed by atoms with Crippen LogP contribution in [-0.2, 0) is 5.41 Å². The van der Waals surface area contributed by atoms with Crippen LogP contribution in [0.4, 0.5) is 11.4 Å². The fourth-order valence-corrected chi connectivity index (χ4v) is 6.16. The summed E-state index contributed by atoms with van der Waals surface area (Å²) >= 11 is 0. The normalized spacial score (nSPS) is 15.3. The molecule has 0 amide bonds. The summed E-state index contributed by atoms with van der Waals surface area (Å²) in [6, 6.07) is 34.9. The Morgan fingerprint density at radius 1 is 0.615 bits per heavy atom. The van der Waals surface area contributed by atoms with Crippen molar-refractivity contribution in [2.45, 2.75) is 19.3 Å². The predicted octanol–water partition coefficient (Wildman–Crippen LogP) is 8.38. The van der Waals surface area contributed by atoms with E-state index in [1.54, 1.807) is 6.08 Å². The van der Waals surface area contributed by atoms with Gasteiger partial charge < -0.3 is 4.90 Å². The molecular weight excluding hydrogens is 478 g/mol. The third-order valence-electron chi connectivity index (χ3n) is 8.37. The minimum absolute atomic E-state index is 0.201. The van der Waals surface area contributed by atoms with Crippen molar-refractivity contribution in [1.82, 2.24) is 0 Å². The standard InChI is InChI=1S/C36H27NO2/c1-36(2)30-18-22(17-29-34(38)27-19-24-11-7-8-12-25(24)20-28(27)35(29)39)13-15-32(30)37(3)33-16-14-26(21-31(33)36)23-9-5-4-6-10-23/h4-21H,1-3H3. The average molecular weight is 506 g/mol. The van der Waals surface area contributed by atoms with Gasteiger partial charge in [-0.3, -0.25) is 9.59 Å². The Labute approximate surface area is 228 Å². The van der Waals surface area contributed by atoms with E-state index in [0.29, 0.717) is 11.1 Å². The molecule has 188 valence electrons. The monoisotopic (exact) mass is 505 g/mol. The summed E-state index contributed by atoms with van der Waals surface area (Å²) in [5.41, 5.74) is 8.88. The summed E-state index contributed by atoms with van der Waals surface area (Å²) in [4.78, 5) is 29.0. The number of carbonyl (C=O) groups is 2. The largest absolute Gasteiger partial charge is 0.344 e. The zero-order valence-corrected chi connectivity index (χ0v) is 22.2. The first kappa shape index (κ1) is 23.4. The second kappa shape index (κ2) is 8.37. The molecule has 3 nitrogen and oxygen atoms in total. The smallest absolute Gasteiger partial charge is 0.197 e. The van der Waals surface area contributed by atoms with Crippen molar-refractivity contribution in [2.75, 3.05) is 11.9 Å². The zero-order chi connectivity index (χ0) is 26.9. The van der Waals surface area contributed by atoms with Crippen LogP contribution in [-0.4, -0.2) is 18.6 Å². The number of carbonyl (C=O) groups excluding carboxylic acids is 2. The number of Topliss-reactive ketones (excluding diaryl/α,β-unsaturated/α-hetero) is 2. The van der Waals surface area contributed by atoms with E-state index in [2.05, 4.69) is 80.4 Å². The number of hydrogen-bond donors (Lipinski definition) is 0. The van der Waals surface area contributed by atoms with E-state index in [4.69, 9.17) is 0 Å². The first-order valence-electron chi connectivity index (χ1n) is 13.2. The summed E-state index contributed by atoms with van der Waals surface area (Å²) in [5, 5.41) is 1.93. The van der Waals surface area contributed by atoms with Crippen molar-refractivity contribution in [3.63, 3.8) is 0 Å². The van der Waals surface area contributed by atoms with Crippen molar-refractivity contribution in [3.8, 4) is 11.1 Å². The lowest BCUT2D eigenvalue weighted by Gasteiger charge is -2.41. The van der Waals surface area contributed by atoms with Gasteiger partial charge in [0, 0.05) is 35.0 Å². The van der Waals surface area contributed by atoms with Crippen LogP contribution in [0.25, 0.3) is 28.0 Å². The van der Waals surface area contributed by atoms with Gasteiger partial charge in [0.1, 0.15) is 0 Å². The molecule has 2 aliphatic rings. The quantitative estimate of drug-likeness (QED) is 0.179. The van der Waals surface area contributed by atoms with E-state index in [9.17, 15) is 9.59 Å². The van der Waals surface area contributed by atoms with Crippen molar-refractivity contribution < 1.29 is 9.59 Å². The van der Waals surface area contributed by atoms with Crippen LogP contribution in [0.5, 0.6) is 0 Å². The summed E-state index contributed by atoms with van der Waals surface area (Å²) < 4.78 is 0. The molecule has 0 aromatic heterocycles. The molecule has 7 rings (SSSR count). The van der Waals surface area contributed by atoms with E-state index in [0.717, 1.165) is 22.0 Å². The fourth-order valence-electron chi connectivity index (χ4n) is 6.16. The molecule has 5 aromatic rings. The van der Waals surface area contributed by atoms with E-state index in [-0.39, 0.29) is 22.6 Å². The first-order chi connectivity index (χ1) is 18.8. The maximum Gasteiger partial charge on any atom is 0.197 e. The Hall–Kier alpha value is -4.76. The molecule has 0 unspecified atom stereocenters. The molecule has 0 radical (unpaired) electrons. The molecule has 0 fully saturated rings. The molecule has 0 N–H and O–H groups in total. The van der Waals surface area contributed by atoms with Crippen LogP contribution in [0.15, 0.2) is 109 Å². The minimum atomic E-state index is -0.277. The maximum atomic E-state index is 13.4. The van der Waals surface area contributed by atoms with Crippen molar-refractivity contribution in [3.05, 3.63) is 137 Å².